The van der Waals surface area contributed by atoms with E-state index in [2.05, 4.69) is 0 Å². The van der Waals surface area contributed by atoms with E-state index in [9.17, 15) is 19.1 Å². The van der Waals surface area contributed by atoms with Crippen LogP contribution in [-0.2, 0) is 9.59 Å². The van der Waals surface area contributed by atoms with Gasteiger partial charge >= 0.3 is 0 Å². The molecule has 0 N–H and O–H groups in total. The van der Waals surface area contributed by atoms with Crippen LogP contribution >= 0.6 is 24.0 Å². The van der Waals surface area contributed by atoms with Crippen LogP contribution in [0.1, 0.15) is 25.8 Å². The SMILES string of the molecule is CC(C)C[C@@H](C(=O)[O-])N1C(=O)/C(=C/c2ccccc2F)SC1=S. The second-order valence-electron chi connectivity index (χ2n) is 5.54. The molecule has 1 aliphatic rings. The molecule has 1 aromatic carbocycles. The van der Waals surface area contributed by atoms with Crippen LogP contribution in [0, 0.1) is 11.7 Å². The molecule has 1 aromatic rings. The van der Waals surface area contributed by atoms with Crippen LogP contribution in [0.15, 0.2) is 29.2 Å². The summed E-state index contributed by atoms with van der Waals surface area (Å²) in [6.07, 6.45) is 1.62. The van der Waals surface area contributed by atoms with Crippen molar-refractivity contribution in [3.05, 3.63) is 40.6 Å². The monoisotopic (exact) mass is 352 g/mol. The van der Waals surface area contributed by atoms with Crippen LogP contribution < -0.4 is 5.11 Å². The predicted molar refractivity (Wildman–Crippen MR) is 89.7 cm³/mol. The Balaban J connectivity index is 2.32. The number of aliphatic carboxylic acids is 1. The van der Waals surface area contributed by atoms with Crippen molar-refractivity contribution >= 4 is 46.3 Å². The topological polar surface area (TPSA) is 60.4 Å². The Labute approximate surface area is 143 Å². The maximum Gasteiger partial charge on any atom is 0.266 e. The lowest BCUT2D eigenvalue weighted by Gasteiger charge is -2.28. The zero-order valence-corrected chi connectivity index (χ0v) is 14.2. The molecular weight excluding hydrogens is 337 g/mol. The van der Waals surface area contributed by atoms with Gasteiger partial charge in [-0.05, 0) is 24.5 Å². The van der Waals surface area contributed by atoms with Gasteiger partial charge in [-0.1, -0.05) is 56.0 Å². The average molecular weight is 352 g/mol. The van der Waals surface area contributed by atoms with Crippen molar-refractivity contribution in [1.29, 1.82) is 0 Å². The minimum absolute atomic E-state index is 0.0538. The number of carbonyl (C=O) groups excluding carboxylic acids is 2. The van der Waals surface area contributed by atoms with Crippen molar-refractivity contribution in [1.82, 2.24) is 4.90 Å². The van der Waals surface area contributed by atoms with Gasteiger partial charge in [0.05, 0.1) is 16.9 Å². The summed E-state index contributed by atoms with van der Waals surface area (Å²) in [5.41, 5.74) is 0.252. The largest absolute Gasteiger partial charge is 0.548 e. The molecule has 0 unspecified atom stereocenters. The lowest BCUT2D eigenvalue weighted by molar-refractivity contribution is -0.310. The second-order valence-corrected chi connectivity index (χ2v) is 7.21. The van der Waals surface area contributed by atoms with E-state index in [0.29, 0.717) is 0 Å². The number of nitrogens with zero attached hydrogens (tertiary/aromatic N) is 1. The van der Waals surface area contributed by atoms with E-state index in [0.717, 1.165) is 16.7 Å². The van der Waals surface area contributed by atoms with Gasteiger partial charge in [-0.15, -0.1) is 0 Å². The number of amides is 1. The molecule has 1 aliphatic heterocycles. The summed E-state index contributed by atoms with van der Waals surface area (Å²) in [4.78, 5) is 25.1. The fourth-order valence-corrected chi connectivity index (χ4v) is 3.58. The number of carbonyl (C=O) groups is 2. The molecule has 2 rings (SSSR count). The van der Waals surface area contributed by atoms with Crippen LogP contribution in [0.5, 0.6) is 0 Å². The van der Waals surface area contributed by atoms with Gasteiger partial charge < -0.3 is 9.90 Å². The molecule has 4 nitrogen and oxygen atoms in total. The fraction of sp³-hybridized carbons (Fsp3) is 0.312. The van der Waals surface area contributed by atoms with Gasteiger partial charge in [-0.3, -0.25) is 9.69 Å². The first-order valence-electron chi connectivity index (χ1n) is 7.03. The molecule has 7 heteroatoms. The number of thiocarbonyl (C=S) groups is 1. The third-order valence-corrected chi connectivity index (χ3v) is 4.62. The molecule has 1 amide bonds. The van der Waals surface area contributed by atoms with E-state index in [-0.39, 0.29) is 27.1 Å². The van der Waals surface area contributed by atoms with E-state index in [1.807, 2.05) is 13.8 Å². The zero-order chi connectivity index (χ0) is 17.1. The molecule has 0 aliphatic carbocycles. The second kappa shape index (κ2) is 7.23. The molecule has 0 spiro atoms. The average Bonchev–Trinajstić information content (AvgIpc) is 2.73. The van der Waals surface area contributed by atoms with Crippen LogP contribution in [0.2, 0.25) is 0 Å². The summed E-state index contributed by atoms with van der Waals surface area (Å²) in [5.74, 6) is -2.28. The summed E-state index contributed by atoms with van der Waals surface area (Å²) >= 11 is 6.10. The van der Waals surface area contributed by atoms with Crippen LogP contribution in [0.4, 0.5) is 4.39 Å². The summed E-state index contributed by atoms with van der Waals surface area (Å²) in [7, 11) is 0. The van der Waals surface area contributed by atoms with Crippen molar-refractivity contribution in [3.63, 3.8) is 0 Å². The van der Waals surface area contributed by atoms with E-state index in [1.54, 1.807) is 12.1 Å². The van der Waals surface area contributed by atoms with E-state index in [4.69, 9.17) is 12.2 Å². The maximum atomic E-state index is 13.7. The number of rotatable bonds is 5. The lowest BCUT2D eigenvalue weighted by Crippen LogP contribution is -2.50. The summed E-state index contributed by atoms with van der Waals surface area (Å²) in [6.45, 7) is 3.70. The highest BCUT2D eigenvalue weighted by atomic mass is 32.2. The lowest BCUT2D eigenvalue weighted by atomic mass is 10.0. The van der Waals surface area contributed by atoms with Gasteiger partial charge in [-0.2, -0.15) is 0 Å². The molecule has 1 heterocycles. The van der Waals surface area contributed by atoms with Crippen LogP contribution in [-0.4, -0.2) is 27.1 Å². The summed E-state index contributed by atoms with van der Waals surface area (Å²) < 4.78 is 13.9. The van der Waals surface area contributed by atoms with Gasteiger partial charge in [0, 0.05) is 5.56 Å². The molecular formula is C16H15FNO3S2-. The molecule has 0 saturated carbocycles. The Bertz CT molecular complexity index is 688. The van der Waals surface area contributed by atoms with E-state index in [1.165, 1.54) is 18.2 Å². The first-order chi connectivity index (χ1) is 10.8. The van der Waals surface area contributed by atoms with Crippen molar-refractivity contribution < 1.29 is 19.1 Å². The zero-order valence-electron chi connectivity index (χ0n) is 12.6. The third-order valence-electron chi connectivity index (χ3n) is 3.29. The Morgan fingerprint density at radius 2 is 2.09 bits per heavy atom. The first-order valence-corrected chi connectivity index (χ1v) is 8.26. The number of benzene rings is 1. The van der Waals surface area contributed by atoms with Gasteiger partial charge in [0.25, 0.3) is 5.91 Å². The predicted octanol–water partition coefficient (Wildman–Crippen LogP) is 2.19. The molecule has 0 bridgehead atoms. The molecule has 1 atom stereocenters. The molecule has 0 radical (unpaired) electrons. The number of thioether (sulfide) groups is 1. The van der Waals surface area contributed by atoms with Crippen LogP contribution in [0.25, 0.3) is 6.08 Å². The number of hydrogen-bond donors (Lipinski definition) is 0. The maximum absolute atomic E-state index is 13.7. The molecule has 23 heavy (non-hydrogen) atoms. The highest BCUT2D eigenvalue weighted by Crippen LogP contribution is 2.35. The Morgan fingerprint density at radius 3 is 2.65 bits per heavy atom. The highest BCUT2D eigenvalue weighted by molar-refractivity contribution is 8.26. The minimum Gasteiger partial charge on any atom is -0.548 e. The summed E-state index contributed by atoms with van der Waals surface area (Å²) in [6, 6.07) is 4.90. The summed E-state index contributed by atoms with van der Waals surface area (Å²) in [5, 5.41) is 11.4. The van der Waals surface area contributed by atoms with Crippen molar-refractivity contribution in [3.8, 4) is 0 Å². The Morgan fingerprint density at radius 1 is 1.43 bits per heavy atom. The molecule has 1 fully saturated rings. The standard InChI is InChI=1S/C16H16FNO3S2/c1-9(2)7-12(15(20)21)18-14(19)13(23-16(18)22)8-10-5-3-4-6-11(10)17/h3-6,8-9,12H,7H2,1-2H3,(H,20,21)/p-1/b13-8-/t12-/m0/s1. The molecule has 122 valence electrons. The van der Waals surface area contributed by atoms with Crippen molar-refractivity contribution in [2.24, 2.45) is 5.92 Å². The van der Waals surface area contributed by atoms with Crippen LogP contribution in [0.3, 0.4) is 0 Å². The number of halogens is 1. The minimum atomic E-state index is -1.35. The number of carboxylic acids is 1. The van der Waals surface area contributed by atoms with Gasteiger partial charge in [-0.25, -0.2) is 4.39 Å². The Kier molecular flexibility index (Phi) is 5.54. The van der Waals surface area contributed by atoms with Gasteiger partial charge in [0.15, 0.2) is 0 Å². The van der Waals surface area contributed by atoms with E-state index < -0.39 is 23.7 Å². The smallest absolute Gasteiger partial charge is 0.266 e. The van der Waals surface area contributed by atoms with Crippen molar-refractivity contribution in [2.45, 2.75) is 26.3 Å². The fourth-order valence-electron chi connectivity index (χ4n) is 2.24. The van der Waals surface area contributed by atoms with Gasteiger partial charge in [0.2, 0.25) is 0 Å². The quantitative estimate of drug-likeness (QED) is 0.600. The van der Waals surface area contributed by atoms with Crippen molar-refractivity contribution in [2.75, 3.05) is 0 Å². The first kappa shape index (κ1) is 17.6. The number of hydrogen-bond acceptors (Lipinski definition) is 5. The van der Waals surface area contributed by atoms with Gasteiger partial charge in [0.1, 0.15) is 10.1 Å². The highest BCUT2D eigenvalue weighted by Gasteiger charge is 2.38. The molecule has 0 aromatic heterocycles. The van der Waals surface area contributed by atoms with E-state index >= 15 is 0 Å². The molecule has 1 saturated heterocycles. The number of carboxylic acid groups (broad SMARTS) is 1. The Hall–Kier alpha value is -1.73. The third kappa shape index (κ3) is 3.97. The normalized spacial score (nSPS) is 18.1.